The number of anilines is 2. The van der Waals surface area contributed by atoms with Gasteiger partial charge in [0.05, 0.1) is 29.5 Å². The molecule has 1 aromatic carbocycles. The summed E-state index contributed by atoms with van der Waals surface area (Å²) in [6.45, 7) is 9.59. The van der Waals surface area contributed by atoms with Crippen molar-refractivity contribution in [2.45, 2.75) is 13.3 Å². The highest BCUT2D eigenvalue weighted by atomic mass is 35.5. The average molecular weight is 475 g/mol. The minimum atomic E-state index is -0.0644. The van der Waals surface area contributed by atoms with E-state index in [1.807, 2.05) is 19.1 Å². The standard InChI is InChI=1S/C22H27ClN6O2S/c1-15-21(19(24)7-9-25-16(2)27-18-5-3-17(23)4-6-18)32-22(26-15)28-20(30)8-10-29-11-13-31-14-12-29/h3-7,9,27H,2,8,10-14,24H2,1H3,(H,26,28,30)/b19-7-,25-9-. The van der Waals surface area contributed by atoms with Crippen LogP contribution in [0.15, 0.2) is 47.7 Å². The summed E-state index contributed by atoms with van der Waals surface area (Å²) < 4.78 is 5.32. The number of benzene rings is 1. The first-order valence-electron chi connectivity index (χ1n) is 10.2. The minimum absolute atomic E-state index is 0.0644. The molecule has 32 heavy (non-hydrogen) atoms. The summed E-state index contributed by atoms with van der Waals surface area (Å²) in [5, 5.41) is 7.12. The first-order valence-corrected chi connectivity index (χ1v) is 11.4. The van der Waals surface area contributed by atoms with Crippen LogP contribution in [-0.2, 0) is 9.53 Å². The number of nitrogens with zero attached hydrogens (tertiary/aromatic N) is 3. The molecule has 1 aliphatic rings. The van der Waals surface area contributed by atoms with Crippen molar-refractivity contribution in [2.75, 3.05) is 43.5 Å². The number of hydrogen-bond donors (Lipinski definition) is 3. The molecule has 0 atom stereocenters. The number of carbonyl (C=O) groups excluding carboxylic acids is 1. The van der Waals surface area contributed by atoms with E-state index in [0.29, 0.717) is 34.6 Å². The van der Waals surface area contributed by atoms with Gasteiger partial charge in [-0.1, -0.05) is 29.5 Å². The zero-order chi connectivity index (χ0) is 22.9. The van der Waals surface area contributed by atoms with Crippen LogP contribution in [0, 0.1) is 6.92 Å². The number of nitrogens with one attached hydrogen (secondary N) is 2. The van der Waals surface area contributed by atoms with E-state index in [0.717, 1.165) is 42.6 Å². The van der Waals surface area contributed by atoms with Crippen LogP contribution >= 0.6 is 22.9 Å². The number of aliphatic imine (C=N–C) groups is 1. The average Bonchev–Trinajstić information content (AvgIpc) is 3.14. The number of amides is 1. The van der Waals surface area contributed by atoms with E-state index >= 15 is 0 Å². The number of nitrogens with two attached hydrogens (primary N) is 1. The van der Waals surface area contributed by atoms with Gasteiger partial charge in [-0.2, -0.15) is 0 Å². The van der Waals surface area contributed by atoms with Gasteiger partial charge < -0.3 is 21.1 Å². The molecule has 1 fully saturated rings. The largest absolute Gasteiger partial charge is 0.397 e. The van der Waals surface area contributed by atoms with Crippen LogP contribution in [0.2, 0.25) is 5.02 Å². The van der Waals surface area contributed by atoms with E-state index in [1.165, 1.54) is 11.3 Å². The molecule has 0 unspecified atom stereocenters. The highest BCUT2D eigenvalue weighted by Gasteiger charge is 2.14. The number of aryl methyl sites for hydroxylation is 1. The molecule has 170 valence electrons. The number of ether oxygens (including phenoxy) is 1. The molecule has 1 saturated heterocycles. The van der Waals surface area contributed by atoms with E-state index in [2.05, 4.69) is 32.1 Å². The van der Waals surface area contributed by atoms with Crippen molar-refractivity contribution < 1.29 is 9.53 Å². The maximum absolute atomic E-state index is 12.3. The molecule has 0 radical (unpaired) electrons. The van der Waals surface area contributed by atoms with Crippen molar-refractivity contribution in [1.82, 2.24) is 9.88 Å². The Hall–Kier alpha value is -2.72. The Morgan fingerprint density at radius 1 is 1.34 bits per heavy atom. The van der Waals surface area contributed by atoms with Crippen molar-refractivity contribution >= 4 is 51.6 Å². The Balaban J connectivity index is 1.51. The van der Waals surface area contributed by atoms with E-state index in [4.69, 9.17) is 22.1 Å². The van der Waals surface area contributed by atoms with Crippen molar-refractivity contribution in [3.05, 3.63) is 58.3 Å². The fourth-order valence-corrected chi connectivity index (χ4v) is 4.05. The van der Waals surface area contributed by atoms with Crippen LogP contribution in [0.3, 0.4) is 0 Å². The number of rotatable bonds is 9. The molecule has 3 rings (SSSR count). The zero-order valence-corrected chi connectivity index (χ0v) is 19.5. The van der Waals surface area contributed by atoms with Gasteiger partial charge in [0.2, 0.25) is 5.91 Å². The highest BCUT2D eigenvalue weighted by molar-refractivity contribution is 7.16. The van der Waals surface area contributed by atoms with Gasteiger partial charge in [-0.25, -0.2) is 9.98 Å². The van der Waals surface area contributed by atoms with Gasteiger partial charge in [-0.3, -0.25) is 9.69 Å². The van der Waals surface area contributed by atoms with Crippen LogP contribution in [0.4, 0.5) is 10.8 Å². The van der Waals surface area contributed by atoms with Crippen molar-refractivity contribution in [2.24, 2.45) is 10.7 Å². The summed E-state index contributed by atoms with van der Waals surface area (Å²) in [5.41, 5.74) is 8.29. The molecule has 0 spiro atoms. The number of carbonyl (C=O) groups is 1. The number of halogens is 1. The van der Waals surface area contributed by atoms with Crippen LogP contribution < -0.4 is 16.4 Å². The lowest BCUT2D eigenvalue weighted by atomic mass is 10.3. The molecular weight excluding hydrogens is 448 g/mol. The maximum atomic E-state index is 12.3. The van der Waals surface area contributed by atoms with Crippen LogP contribution in [0.5, 0.6) is 0 Å². The van der Waals surface area contributed by atoms with Gasteiger partial charge >= 0.3 is 0 Å². The molecule has 8 nitrogen and oxygen atoms in total. The van der Waals surface area contributed by atoms with Gasteiger partial charge in [0, 0.05) is 43.0 Å². The smallest absolute Gasteiger partial charge is 0.227 e. The molecule has 1 aliphatic heterocycles. The molecule has 1 amide bonds. The SMILES string of the molecule is C=C(/N=C\C=C(/N)c1sc(NC(=O)CCN2CCOCC2)nc1C)Nc1ccc(Cl)cc1. The quantitative estimate of drug-likeness (QED) is 0.478. The Morgan fingerprint density at radius 3 is 2.78 bits per heavy atom. The van der Waals surface area contributed by atoms with Crippen LogP contribution in [0.1, 0.15) is 17.0 Å². The van der Waals surface area contributed by atoms with E-state index in [9.17, 15) is 4.79 Å². The first kappa shape index (κ1) is 23.9. The third kappa shape index (κ3) is 7.45. The van der Waals surface area contributed by atoms with E-state index < -0.39 is 0 Å². The highest BCUT2D eigenvalue weighted by Crippen LogP contribution is 2.26. The third-order valence-corrected chi connectivity index (χ3v) is 6.06. The number of aromatic nitrogens is 1. The summed E-state index contributed by atoms with van der Waals surface area (Å²) in [7, 11) is 0. The second-order valence-corrected chi connectivity index (χ2v) is 8.60. The third-order valence-electron chi connectivity index (χ3n) is 4.68. The fraction of sp³-hybridized carbons (Fsp3) is 0.318. The van der Waals surface area contributed by atoms with Crippen LogP contribution in [-0.4, -0.2) is 54.9 Å². The zero-order valence-electron chi connectivity index (χ0n) is 17.9. The lowest BCUT2D eigenvalue weighted by molar-refractivity contribution is -0.116. The molecule has 2 aromatic rings. The van der Waals surface area contributed by atoms with Gasteiger partial charge in [-0.15, -0.1) is 0 Å². The minimum Gasteiger partial charge on any atom is -0.397 e. The predicted octanol–water partition coefficient (Wildman–Crippen LogP) is 3.72. The topological polar surface area (TPSA) is 105 Å². The Morgan fingerprint density at radius 2 is 2.06 bits per heavy atom. The number of allylic oxidation sites excluding steroid dienone is 1. The number of thiazole rings is 1. The molecule has 1 aromatic heterocycles. The predicted molar refractivity (Wildman–Crippen MR) is 132 cm³/mol. The maximum Gasteiger partial charge on any atom is 0.227 e. The molecule has 0 aliphatic carbocycles. The van der Waals surface area contributed by atoms with Gasteiger partial charge in [0.15, 0.2) is 5.13 Å². The summed E-state index contributed by atoms with van der Waals surface area (Å²) in [4.78, 5) is 23.9. The molecule has 0 saturated carbocycles. The Labute approximate surface area is 196 Å². The number of hydrogen-bond acceptors (Lipinski definition) is 8. The van der Waals surface area contributed by atoms with Crippen LogP contribution in [0.25, 0.3) is 5.70 Å². The second-order valence-electron chi connectivity index (χ2n) is 7.16. The molecule has 10 heteroatoms. The normalized spacial score (nSPS) is 15.1. The van der Waals surface area contributed by atoms with E-state index in [-0.39, 0.29) is 5.91 Å². The van der Waals surface area contributed by atoms with Crippen molar-refractivity contribution in [1.29, 1.82) is 0 Å². The first-order chi connectivity index (χ1) is 15.4. The van der Waals surface area contributed by atoms with Gasteiger partial charge in [0.1, 0.15) is 5.82 Å². The summed E-state index contributed by atoms with van der Waals surface area (Å²) in [6, 6.07) is 7.24. The molecule has 0 bridgehead atoms. The van der Waals surface area contributed by atoms with Gasteiger partial charge in [0.25, 0.3) is 0 Å². The fourth-order valence-electron chi connectivity index (χ4n) is 3.00. The molecular formula is C22H27ClN6O2S. The Kier molecular flexibility index (Phi) is 8.81. The van der Waals surface area contributed by atoms with Crippen molar-refractivity contribution in [3.8, 4) is 0 Å². The molecule has 2 heterocycles. The van der Waals surface area contributed by atoms with Gasteiger partial charge in [-0.05, 0) is 37.3 Å². The Bertz CT molecular complexity index is 996. The second kappa shape index (κ2) is 11.8. The number of morpholine rings is 1. The summed E-state index contributed by atoms with van der Waals surface area (Å²) in [6.07, 6.45) is 3.66. The lowest BCUT2D eigenvalue weighted by Gasteiger charge is -2.26. The lowest BCUT2D eigenvalue weighted by Crippen LogP contribution is -2.38. The molecule has 4 N–H and O–H groups in total. The monoisotopic (exact) mass is 474 g/mol. The van der Waals surface area contributed by atoms with E-state index in [1.54, 1.807) is 24.4 Å². The summed E-state index contributed by atoms with van der Waals surface area (Å²) in [5.74, 6) is 0.399. The van der Waals surface area contributed by atoms with Crippen molar-refractivity contribution in [3.63, 3.8) is 0 Å². The summed E-state index contributed by atoms with van der Waals surface area (Å²) >= 11 is 7.22.